The van der Waals surface area contributed by atoms with Crippen molar-refractivity contribution in [1.29, 1.82) is 5.26 Å². The van der Waals surface area contributed by atoms with E-state index in [1.807, 2.05) is 19.1 Å². The number of carbonyl (C=O) groups excluding carboxylic acids is 1. The van der Waals surface area contributed by atoms with Gasteiger partial charge >= 0.3 is 0 Å². The fourth-order valence-electron chi connectivity index (χ4n) is 4.31. The quantitative estimate of drug-likeness (QED) is 0.726. The number of Topliss-reactive ketones (excluding diaryl/α,β-unsaturated/α-hetero) is 1. The predicted octanol–water partition coefficient (Wildman–Crippen LogP) is 4.67. The number of nitriles is 1. The van der Waals surface area contributed by atoms with E-state index in [0.29, 0.717) is 41.1 Å². The molecule has 1 aliphatic carbocycles. The molecule has 31 heavy (non-hydrogen) atoms. The van der Waals surface area contributed by atoms with Gasteiger partial charge in [-0.3, -0.25) is 9.69 Å². The van der Waals surface area contributed by atoms with Gasteiger partial charge in [0.2, 0.25) is 0 Å². The first kappa shape index (κ1) is 20.8. The van der Waals surface area contributed by atoms with Crippen molar-refractivity contribution in [2.75, 3.05) is 12.0 Å². The number of phenols is 1. The summed E-state index contributed by atoms with van der Waals surface area (Å²) < 4.78 is 5.24. The maximum absolute atomic E-state index is 13.1. The van der Waals surface area contributed by atoms with Crippen molar-refractivity contribution in [3.05, 3.63) is 75.2 Å². The third kappa shape index (κ3) is 3.41. The van der Waals surface area contributed by atoms with Crippen molar-refractivity contribution in [3.8, 4) is 17.6 Å². The number of rotatable bonds is 3. The van der Waals surface area contributed by atoms with Gasteiger partial charge in [0.25, 0.3) is 0 Å². The van der Waals surface area contributed by atoms with E-state index in [9.17, 15) is 15.2 Å². The van der Waals surface area contributed by atoms with Gasteiger partial charge in [-0.1, -0.05) is 23.7 Å². The van der Waals surface area contributed by atoms with Crippen LogP contribution in [-0.2, 0) is 4.79 Å². The molecule has 3 N–H and O–H groups in total. The molecule has 0 aromatic heterocycles. The summed E-state index contributed by atoms with van der Waals surface area (Å²) in [5.74, 6) is -0.113. The smallest absolute Gasteiger partial charge is 0.161 e. The van der Waals surface area contributed by atoms with E-state index in [4.69, 9.17) is 22.1 Å². The molecule has 0 saturated heterocycles. The summed E-state index contributed by atoms with van der Waals surface area (Å²) in [6.07, 6.45) is 1.76. The summed E-state index contributed by atoms with van der Waals surface area (Å²) in [6.45, 7) is 1.91. The zero-order valence-corrected chi connectivity index (χ0v) is 18.0. The van der Waals surface area contributed by atoms with Crippen molar-refractivity contribution in [1.82, 2.24) is 0 Å². The first-order valence-electron chi connectivity index (χ1n) is 9.96. The average molecular weight is 436 g/mol. The van der Waals surface area contributed by atoms with E-state index in [-0.39, 0.29) is 28.7 Å². The van der Waals surface area contributed by atoms with Crippen LogP contribution in [0.5, 0.6) is 11.5 Å². The van der Waals surface area contributed by atoms with Crippen LogP contribution in [0.1, 0.15) is 36.3 Å². The van der Waals surface area contributed by atoms with Gasteiger partial charge in [-0.25, -0.2) is 0 Å². The minimum Gasteiger partial charge on any atom is -0.504 e. The van der Waals surface area contributed by atoms with Crippen LogP contribution in [0.2, 0.25) is 5.02 Å². The largest absolute Gasteiger partial charge is 0.504 e. The second-order valence-electron chi connectivity index (χ2n) is 7.68. The fourth-order valence-corrected chi connectivity index (χ4v) is 4.48. The number of benzene rings is 2. The molecule has 7 heteroatoms. The molecule has 0 amide bonds. The number of allylic oxidation sites excluding steroid dienone is 3. The van der Waals surface area contributed by atoms with Crippen LogP contribution in [0.25, 0.3) is 0 Å². The Hall–Kier alpha value is -3.43. The number of ketones is 1. The molecule has 4 rings (SSSR count). The lowest BCUT2D eigenvalue weighted by Crippen LogP contribution is -2.38. The van der Waals surface area contributed by atoms with Crippen molar-refractivity contribution in [2.45, 2.75) is 32.1 Å². The molecule has 0 spiro atoms. The van der Waals surface area contributed by atoms with Crippen LogP contribution >= 0.6 is 11.6 Å². The normalized spacial score (nSPS) is 18.7. The maximum Gasteiger partial charge on any atom is 0.161 e. The number of hydrogen-bond acceptors (Lipinski definition) is 6. The highest BCUT2D eigenvalue weighted by atomic mass is 35.5. The third-order valence-electron chi connectivity index (χ3n) is 5.86. The van der Waals surface area contributed by atoms with Gasteiger partial charge in [0.1, 0.15) is 5.82 Å². The number of halogens is 1. The Kier molecular flexibility index (Phi) is 5.38. The number of ether oxygens (including phenoxy) is 1. The summed E-state index contributed by atoms with van der Waals surface area (Å²) in [5, 5.41) is 20.6. The van der Waals surface area contributed by atoms with Gasteiger partial charge in [-0.2, -0.15) is 5.26 Å². The molecule has 6 nitrogen and oxygen atoms in total. The van der Waals surface area contributed by atoms with Crippen LogP contribution in [0.4, 0.5) is 5.69 Å². The molecular weight excluding hydrogens is 414 g/mol. The van der Waals surface area contributed by atoms with Crippen molar-refractivity contribution in [3.63, 3.8) is 0 Å². The number of nitrogens with two attached hydrogens (primary N) is 1. The van der Waals surface area contributed by atoms with Crippen LogP contribution in [0, 0.1) is 18.3 Å². The molecule has 0 saturated carbocycles. The highest BCUT2D eigenvalue weighted by molar-refractivity contribution is 6.31. The van der Waals surface area contributed by atoms with E-state index in [1.165, 1.54) is 13.2 Å². The zero-order valence-electron chi connectivity index (χ0n) is 17.3. The first-order valence-corrected chi connectivity index (χ1v) is 10.3. The lowest BCUT2D eigenvalue weighted by atomic mass is 9.75. The first-order chi connectivity index (χ1) is 14.9. The monoisotopic (exact) mass is 435 g/mol. The van der Waals surface area contributed by atoms with Gasteiger partial charge in [0, 0.05) is 28.4 Å². The fraction of sp³-hybridized carbons (Fsp3) is 0.250. The van der Waals surface area contributed by atoms with Gasteiger partial charge in [0.15, 0.2) is 17.3 Å². The highest BCUT2D eigenvalue weighted by Crippen LogP contribution is 2.47. The Morgan fingerprint density at radius 3 is 2.71 bits per heavy atom. The molecule has 0 fully saturated rings. The number of aromatic hydroxyl groups is 1. The Balaban J connectivity index is 1.97. The molecule has 2 aromatic carbocycles. The lowest BCUT2D eigenvalue weighted by molar-refractivity contribution is -0.116. The number of nitrogens with zero attached hydrogens (tertiary/aromatic N) is 2. The van der Waals surface area contributed by atoms with E-state index in [1.54, 1.807) is 23.1 Å². The molecule has 2 aromatic rings. The predicted molar refractivity (Wildman–Crippen MR) is 119 cm³/mol. The van der Waals surface area contributed by atoms with Gasteiger partial charge < -0.3 is 15.6 Å². The SMILES string of the molecule is COc1cc(C2C(C#N)=C(N)N(c3ccc(C)c(Cl)c3)C3=C2C(=O)CCC3)ccc1O. The summed E-state index contributed by atoms with van der Waals surface area (Å²) in [6, 6.07) is 12.6. The summed E-state index contributed by atoms with van der Waals surface area (Å²) in [4.78, 5) is 14.9. The molecule has 158 valence electrons. The van der Waals surface area contributed by atoms with Crippen LogP contribution in [0.15, 0.2) is 59.1 Å². The van der Waals surface area contributed by atoms with Crippen LogP contribution < -0.4 is 15.4 Å². The van der Waals surface area contributed by atoms with E-state index < -0.39 is 5.92 Å². The minimum atomic E-state index is -0.625. The van der Waals surface area contributed by atoms with Gasteiger partial charge in [-0.05, 0) is 55.2 Å². The average Bonchev–Trinajstić information content (AvgIpc) is 2.76. The molecule has 0 bridgehead atoms. The maximum atomic E-state index is 13.1. The molecule has 2 aliphatic rings. The molecule has 1 unspecified atom stereocenters. The number of carbonyl (C=O) groups is 1. The third-order valence-corrected chi connectivity index (χ3v) is 6.27. The second-order valence-corrected chi connectivity index (χ2v) is 8.09. The number of methoxy groups -OCH3 is 1. The number of anilines is 1. The van der Waals surface area contributed by atoms with Crippen molar-refractivity contribution < 1.29 is 14.6 Å². The molecule has 0 radical (unpaired) electrons. The summed E-state index contributed by atoms with van der Waals surface area (Å²) in [7, 11) is 1.45. The minimum absolute atomic E-state index is 0.0123. The Morgan fingerprint density at radius 1 is 1.26 bits per heavy atom. The van der Waals surface area contributed by atoms with Crippen molar-refractivity contribution >= 4 is 23.1 Å². The van der Waals surface area contributed by atoms with E-state index in [2.05, 4.69) is 6.07 Å². The lowest BCUT2D eigenvalue weighted by Gasteiger charge is -2.39. The summed E-state index contributed by atoms with van der Waals surface area (Å²) >= 11 is 6.36. The second kappa shape index (κ2) is 8.01. The standard InChI is InChI=1S/C24H22ClN3O3/c1-13-6-8-15(11-17(13)25)28-18-4-3-5-20(30)23(18)22(16(12-26)24(28)27)14-7-9-19(29)21(10-14)31-2/h6-11,22,29H,3-5,27H2,1-2H3. The van der Waals surface area contributed by atoms with Crippen molar-refractivity contribution in [2.24, 2.45) is 5.73 Å². The Labute approximate surface area is 185 Å². The number of aryl methyl sites for hydroxylation is 1. The van der Waals surface area contributed by atoms with Gasteiger partial charge in [0.05, 0.1) is 24.7 Å². The topological polar surface area (TPSA) is 99.6 Å². The van der Waals surface area contributed by atoms with Crippen LogP contribution in [0.3, 0.4) is 0 Å². The molecule has 1 heterocycles. The zero-order chi connectivity index (χ0) is 22.3. The van der Waals surface area contributed by atoms with Crippen LogP contribution in [-0.4, -0.2) is 18.0 Å². The molecular formula is C24H22ClN3O3. The number of phenolic OH excluding ortho intramolecular Hbond substituents is 1. The summed E-state index contributed by atoms with van der Waals surface area (Å²) in [5.41, 5.74) is 10.5. The van der Waals surface area contributed by atoms with E-state index in [0.717, 1.165) is 11.3 Å². The van der Waals surface area contributed by atoms with Gasteiger partial charge in [-0.15, -0.1) is 0 Å². The highest BCUT2D eigenvalue weighted by Gasteiger charge is 2.40. The Bertz CT molecular complexity index is 1190. The number of hydrogen-bond donors (Lipinski definition) is 2. The molecule has 1 atom stereocenters. The molecule has 1 aliphatic heterocycles. The van der Waals surface area contributed by atoms with E-state index >= 15 is 0 Å². The Morgan fingerprint density at radius 2 is 2.03 bits per heavy atom.